The molecule has 0 aliphatic heterocycles. The highest BCUT2D eigenvalue weighted by molar-refractivity contribution is 6.32. The van der Waals surface area contributed by atoms with Crippen LogP contribution in [0.1, 0.15) is 16.7 Å². The number of hydrogen-bond donors (Lipinski definition) is 1. The van der Waals surface area contributed by atoms with Gasteiger partial charge in [0.15, 0.2) is 6.61 Å². The van der Waals surface area contributed by atoms with E-state index in [0.29, 0.717) is 10.8 Å². The van der Waals surface area contributed by atoms with Crippen molar-refractivity contribution >= 4 is 45.3 Å². The van der Waals surface area contributed by atoms with Gasteiger partial charge in [0.05, 0.1) is 6.21 Å². The molecule has 0 aromatic heterocycles. The van der Waals surface area contributed by atoms with Crippen LogP contribution >= 0.6 is 11.6 Å². The summed E-state index contributed by atoms with van der Waals surface area (Å²) in [5.41, 5.74) is 5.34. The number of carbonyl (C=O) groups excluding carboxylic acids is 1. The first kappa shape index (κ1) is 19.9. The van der Waals surface area contributed by atoms with Gasteiger partial charge in [-0.2, -0.15) is 5.10 Å². The maximum atomic E-state index is 12.2. The molecule has 4 nitrogen and oxygen atoms in total. The van der Waals surface area contributed by atoms with E-state index < -0.39 is 0 Å². The monoisotopic (exact) mass is 416 g/mol. The highest BCUT2D eigenvalue weighted by Crippen LogP contribution is 2.27. The molecule has 150 valence electrons. The van der Waals surface area contributed by atoms with Crippen LogP contribution in [-0.4, -0.2) is 18.7 Å². The molecular weight excluding hydrogens is 396 g/mol. The summed E-state index contributed by atoms with van der Waals surface area (Å²) in [4.78, 5) is 12.2. The van der Waals surface area contributed by atoms with E-state index >= 15 is 0 Å². The topological polar surface area (TPSA) is 50.7 Å². The second-order valence-corrected chi connectivity index (χ2v) is 7.56. The van der Waals surface area contributed by atoms with Gasteiger partial charge < -0.3 is 4.74 Å². The molecule has 30 heavy (non-hydrogen) atoms. The number of hydrogen-bond acceptors (Lipinski definition) is 3. The summed E-state index contributed by atoms with van der Waals surface area (Å²) >= 11 is 6.17. The molecule has 0 unspecified atom stereocenters. The predicted molar refractivity (Wildman–Crippen MR) is 124 cm³/mol. The van der Waals surface area contributed by atoms with Gasteiger partial charge in [0.2, 0.25) is 0 Å². The predicted octanol–water partition coefficient (Wildman–Crippen LogP) is 5.79. The Morgan fingerprint density at radius 1 is 0.967 bits per heavy atom. The highest BCUT2D eigenvalue weighted by atomic mass is 35.5. The number of hydrazone groups is 1. The molecule has 0 fully saturated rings. The third kappa shape index (κ3) is 4.14. The van der Waals surface area contributed by atoms with Crippen LogP contribution in [0.2, 0.25) is 5.02 Å². The summed E-state index contributed by atoms with van der Waals surface area (Å²) in [6, 6.07) is 22.1. The quantitative estimate of drug-likeness (QED) is 0.254. The zero-order chi connectivity index (χ0) is 21.1. The zero-order valence-corrected chi connectivity index (χ0v) is 17.5. The molecule has 5 heteroatoms. The Bertz CT molecular complexity index is 1200. The summed E-state index contributed by atoms with van der Waals surface area (Å²) in [5, 5.41) is 9.30. The third-order valence-corrected chi connectivity index (χ3v) is 5.57. The molecule has 0 saturated carbocycles. The SMILES string of the molecule is Cc1cc(OCC(=O)NN=Cc2c3ccccc3cc3ccccc23)cc(C)c1Cl. The van der Waals surface area contributed by atoms with Gasteiger partial charge in [-0.3, -0.25) is 4.79 Å². The van der Waals surface area contributed by atoms with Crippen molar-refractivity contribution in [2.75, 3.05) is 6.61 Å². The molecule has 0 atom stereocenters. The molecule has 0 aliphatic rings. The Labute approximate surface area is 180 Å². The van der Waals surface area contributed by atoms with Gasteiger partial charge in [-0.25, -0.2) is 5.43 Å². The van der Waals surface area contributed by atoms with E-state index in [0.717, 1.165) is 38.2 Å². The van der Waals surface area contributed by atoms with E-state index in [9.17, 15) is 4.79 Å². The minimum Gasteiger partial charge on any atom is -0.484 e. The fourth-order valence-electron chi connectivity index (χ4n) is 3.53. The van der Waals surface area contributed by atoms with Gasteiger partial charge in [-0.15, -0.1) is 0 Å². The minimum atomic E-state index is -0.332. The third-order valence-electron chi connectivity index (χ3n) is 4.98. The van der Waals surface area contributed by atoms with Gasteiger partial charge in [-0.1, -0.05) is 60.1 Å². The molecule has 1 N–H and O–H groups in total. The Balaban J connectivity index is 1.50. The van der Waals surface area contributed by atoms with E-state index in [1.165, 1.54) is 0 Å². The number of nitrogens with one attached hydrogen (secondary N) is 1. The second-order valence-electron chi connectivity index (χ2n) is 7.19. The molecule has 4 aromatic carbocycles. The number of amides is 1. The van der Waals surface area contributed by atoms with E-state index in [4.69, 9.17) is 16.3 Å². The number of fused-ring (bicyclic) bond motifs is 2. The van der Waals surface area contributed by atoms with Crippen LogP contribution < -0.4 is 10.2 Å². The van der Waals surface area contributed by atoms with Crippen LogP contribution in [0.5, 0.6) is 5.75 Å². The van der Waals surface area contributed by atoms with Crippen molar-refractivity contribution in [1.29, 1.82) is 0 Å². The molecule has 0 spiro atoms. The number of rotatable bonds is 5. The van der Waals surface area contributed by atoms with Crippen LogP contribution in [0, 0.1) is 13.8 Å². The first-order valence-corrected chi connectivity index (χ1v) is 10.0. The molecular formula is C25H21ClN2O2. The maximum absolute atomic E-state index is 12.2. The molecule has 0 aliphatic carbocycles. The van der Waals surface area contributed by atoms with E-state index in [1.54, 1.807) is 6.21 Å². The van der Waals surface area contributed by atoms with Crippen molar-refractivity contribution in [2.24, 2.45) is 5.10 Å². The van der Waals surface area contributed by atoms with Crippen molar-refractivity contribution in [2.45, 2.75) is 13.8 Å². The lowest BCUT2D eigenvalue weighted by Crippen LogP contribution is -2.24. The van der Waals surface area contributed by atoms with Crippen molar-refractivity contribution in [3.8, 4) is 5.75 Å². The lowest BCUT2D eigenvalue weighted by molar-refractivity contribution is -0.123. The first-order valence-electron chi connectivity index (χ1n) is 9.65. The van der Waals surface area contributed by atoms with Crippen LogP contribution in [0.3, 0.4) is 0 Å². The van der Waals surface area contributed by atoms with Gasteiger partial charge >= 0.3 is 0 Å². The van der Waals surface area contributed by atoms with E-state index in [-0.39, 0.29) is 12.5 Å². The van der Waals surface area contributed by atoms with Crippen LogP contribution in [0.15, 0.2) is 71.8 Å². The van der Waals surface area contributed by atoms with Crippen molar-refractivity contribution in [1.82, 2.24) is 5.43 Å². The summed E-state index contributed by atoms with van der Waals surface area (Å²) in [6.07, 6.45) is 1.69. The number of benzene rings is 4. The van der Waals surface area contributed by atoms with Crippen molar-refractivity contribution < 1.29 is 9.53 Å². The number of nitrogens with zero attached hydrogens (tertiary/aromatic N) is 1. The fraction of sp³-hybridized carbons (Fsp3) is 0.120. The number of halogens is 1. The summed E-state index contributed by atoms with van der Waals surface area (Å²) < 4.78 is 5.58. The summed E-state index contributed by atoms with van der Waals surface area (Å²) in [5.74, 6) is 0.273. The average Bonchev–Trinajstić information content (AvgIpc) is 2.75. The lowest BCUT2D eigenvalue weighted by Gasteiger charge is -2.09. The van der Waals surface area contributed by atoms with Gasteiger partial charge in [-0.05, 0) is 64.7 Å². The molecule has 1 amide bonds. The minimum absolute atomic E-state index is 0.131. The van der Waals surface area contributed by atoms with Crippen molar-refractivity contribution in [3.05, 3.63) is 88.4 Å². The molecule has 4 rings (SSSR count). The Morgan fingerprint density at radius 3 is 2.13 bits per heavy atom. The molecule has 0 saturated heterocycles. The number of ether oxygens (including phenoxy) is 1. The molecule has 0 bridgehead atoms. The standard InChI is InChI=1S/C25H21ClN2O2/c1-16-11-20(12-17(2)25(16)26)30-15-24(29)28-27-14-23-21-9-5-3-7-18(21)13-19-8-4-6-10-22(19)23/h3-14H,15H2,1-2H3,(H,28,29). The average molecular weight is 417 g/mol. The van der Waals surface area contributed by atoms with Crippen LogP contribution in [0.4, 0.5) is 0 Å². The number of carbonyl (C=O) groups is 1. The van der Waals surface area contributed by atoms with Crippen molar-refractivity contribution in [3.63, 3.8) is 0 Å². The van der Waals surface area contributed by atoms with Crippen LogP contribution in [0.25, 0.3) is 21.5 Å². The Hall–Kier alpha value is -3.37. The molecule has 0 heterocycles. The van der Waals surface area contributed by atoms with Crippen LogP contribution in [-0.2, 0) is 4.79 Å². The first-order chi connectivity index (χ1) is 14.5. The highest BCUT2D eigenvalue weighted by Gasteiger charge is 2.08. The normalized spacial score (nSPS) is 11.3. The molecule has 4 aromatic rings. The second kappa shape index (κ2) is 8.56. The van der Waals surface area contributed by atoms with Gasteiger partial charge in [0.25, 0.3) is 5.91 Å². The smallest absolute Gasteiger partial charge is 0.277 e. The Morgan fingerprint density at radius 2 is 1.53 bits per heavy atom. The van der Waals surface area contributed by atoms with E-state index in [2.05, 4.69) is 40.9 Å². The largest absolute Gasteiger partial charge is 0.484 e. The van der Waals surface area contributed by atoms with Gasteiger partial charge in [0, 0.05) is 10.6 Å². The molecule has 0 radical (unpaired) electrons. The van der Waals surface area contributed by atoms with E-state index in [1.807, 2.05) is 50.2 Å². The summed E-state index contributed by atoms with van der Waals surface area (Å²) in [6.45, 7) is 3.68. The summed E-state index contributed by atoms with van der Waals surface area (Å²) in [7, 11) is 0. The number of aryl methyl sites for hydroxylation is 2. The lowest BCUT2D eigenvalue weighted by atomic mass is 9.97. The zero-order valence-electron chi connectivity index (χ0n) is 16.8. The maximum Gasteiger partial charge on any atom is 0.277 e. The van der Waals surface area contributed by atoms with Gasteiger partial charge in [0.1, 0.15) is 5.75 Å². The fourth-order valence-corrected chi connectivity index (χ4v) is 3.64. The Kier molecular flexibility index (Phi) is 5.68.